The zero-order valence-electron chi connectivity index (χ0n) is 17.1. The van der Waals surface area contributed by atoms with Gasteiger partial charge < -0.3 is 0 Å². The average Bonchev–Trinajstić information content (AvgIpc) is 3.20. The molecule has 0 spiro atoms. The van der Waals surface area contributed by atoms with Gasteiger partial charge in [0.15, 0.2) is 5.13 Å². The molecule has 150 valence electrons. The Morgan fingerprint density at radius 2 is 1.77 bits per heavy atom. The Labute approximate surface area is 181 Å². The summed E-state index contributed by atoms with van der Waals surface area (Å²) in [5, 5.41) is 0.752. The van der Waals surface area contributed by atoms with E-state index in [1.807, 2.05) is 35.2 Å². The molecule has 1 amide bonds. The second-order valence-electron chi connectivity index (χ2n) is 8.04. The number of hydrogen-bond donors (Lipinski definition) is 0. The number of nitrogens with zero attached hydrogens (tertiary/aromatic N) is 2. The SMILES string of the molecule is Cc1ccc2nc(N(Cc3ccccc3)C(=O)c3ccc4c(c3)CCCC4)sc2c1. The predicted octanol–water partition coefficient (Wildman–Crippen LogP) is 6.33. The van der Waals surface area contributed by atoms with E-state index in [9.17, 15) is 4.79 Å². The third-order valence-corrected chi connectivity index (χ3v) is 6.83. The first-order valence-corrected chi connectivity index (χ1v) is 11.3. The average molecular weight is 413 g/mol. The van der Waals surface area contributed by atoms with E-state index in [-0.39, 0.29) is 5.91 Å². The van der Waals surface area contributed by atoms with Crippen LogP contribution >= 0.6 is 11.3 Å². The standard InChI is InChI=1S/C26H24N2OS/c1-18-11-14-23-24(15-18)30-26(27-23)28(17-19-7-3-2-4-8-19)25(29)22-13-12-20-9-5-6-10-21(20)16-22/h2-4,7-8,11-16H,5-6,9-10,17H2,1H3. The number of aryl methyl sites for hydroxylation is 3. The van der Waals surface area contributed by atoms with Crippen LogP contribution in [0.4, 0.5) is 5.13 Å². The first-order chi connectivity index (χ1) is 14.7. The topological polar surface area (TPSA) is 33.2 Å². The number of aromatic nitrogens is 1. The van der Waals surface area contributed by atoms with Crippen molar-refractivity contribution in [1.82, 2.24) is 4.98 Å². The van der Waals surface area contributed by atoms with Crippen LogP contribution in [0.2, 0.25) is 0 Å². The normalized spacial score (nSPS) is 13.2. The molecule has 1 aliphatic carbocycles. The summed E-state index contributed by atoms with van der Waals surface area (Å²) < 4.78 is 1.11. The minimum absolute atomic E-state index is 0.0167. The van der Waals surface area contributed by atoms with Crippen molar-refractivity contribution in [2.45, 2.75) is 39.2 Å². The van der Waals surface area contributed by atoms with Crippen LogP contribution < -0.4 is 4.90 Å². The van der Waals surface area contributed by atoms with Crippen molar-refractivity contribution in [2.75, 3.05) is 4.90 Å². The van der Waals surface area contributed by atoms with Gasteiger partial charge in [0.25, 0.3) is 5.91 Å². The zero-order valence-corrected chi connectivity index (χ0v) is 17.9. The number of carbonyl (C=O) groups is 1. The van der Waals surface area contributed by atoms with Gasteiger partial charge in [-0.1, -0.05) is 53.8 Å². The molecule has 1 aromatic heterocycles. The number of fused-ring (bicyclic) bond motifs is 2. The van der Waals surface area contributed by atoms with Crippen LogP contribution in [0.5, 0.6) is 0 Å². The van der Waals surface area contributed by atoms with Gasteiger partial charge in [-0.25, -0.2) is 4.98 Å². The minimum Gasteiger partial charge on any atom is -0.279 e. The van der Waals surface area contributed by atoms with E-state index >= 15 is 0 Å². The molecule has 0 atom stereocenters. The van der Waals surface area contributed by atoms with Gasteiger partial charge in [0.05, 0.1) is 16.8 Å². The fourth-order valence-electron chi connectivity index (χ4n) is 4.15. The van der Waals surface area contributed by atoms with Crippen molar-refractivity contribution < 1.29 is 4.79 Å². The van der Waals surface area contributed by atoms with Crippen molar-refractivity contribution in [1.29, 1.82) is 0 Å². The largest absolute Gasteiger partial charge is 0.279 e. The number of anilines is 1. The van der Waals surface area contributed by atoms with Crippen LogP contribution in [-0.4, -0.2) is 10.9 Å². The predicted molar refractivity (Wildman–Crippen MR) is 124 cm³/mol. The van der Waals surface area contributed by atoms with E-state index in [2.05, 4.69) is 43.3 Å². The highest BCUT2D eigenvalue weighted by atomic mass is 32.1. The summed E-state index contributed by atoms with van der Waals surface area (Å²) in [5.41, 5.74) is 6.71. The first kappa shape index (κ1) is 19.0. The Balaban J connectivity index is 1.55. The molecule has 30 heavy (non-hydrogen) atoms. The Kier molecular flexibility index (Phi) is 5.09. The molecule has 4 aromatic rings. The minimum atomic E-state index is 0.0167. The van der Waals surface area contributed by atoms with Crippen LogP contribution in [0.25, 0.3) is 10.2 Å². The van der Waals surface area contributed by atoms with Gasteiger partial charge in [-0.05, 0) is 79.1 Å². The molecule has 0 unspecified atom stereocenters. The zero-order chi connectivity index (χ0) is 20.5. The Hall–Kier alpha value is -2.98. The first-order valence-electron chi connectivity index (χ1n) is 10.5. The van der Waals surface area contributed by atoms with E-state index in [4.69, 9.17) is 4.98 Å². The summed E-state index contributed by atoms with van der Waals surface area (Å²) in [5.74, 6) is 0.0167. The molecule has 0 N–H and O–H groups in total. The molecular weight excluding hydrogens is 388 g/mol. The highest BCUT2D eigenvalue weighted by Gasteiger charge is 2.23. The van der Waals surface area contributed by atoms with Crippen molar-refractivity contribution in [3.8, 4) is 0 Å². The van der Waals surface area contributed by atoms with Gasteiger partial charge in [-0.2, -0.15) is 0 Å². The summed E-state index contributed by atoms with van der Waals surface area (Å²) in [6.45, 7) is 2.59. The smallest absolute Gasteiger partial charge is 0.260 e. The van der Waals surface area contributed by atoms with Crippen molar-refractivity contribution >= 4 is 32.6 Å². The quantitative estimate of drug-likeness (QED) is 0.392. The third kappa shape index (κ3) is 3.75. The fourth-order valence-corrected chi connectivity index (χ4v) is 5.21. The number of amides is 1. The number of carbonyl (C=O) groups excluding carboxylic acids is 1. The lowest BCUT2D eigenvalue weighted by Gasteiger charge is -2.22. The molecule has 3 nitrogen and oxygen atoms in total. The van der Waals surface area contributed by atoms with Gasteiger partial charge in [-0.15, -0.1) is 0 Å². The molecule has 0 radical (unpaired) electrons. The van der Waals surface area contributed by atoms with Crippen LogP contribution in [-0.2, 0) is 19.4 Å². The van der Waals surface area contributed by atoms with Crippen LogP contribution in [0.1, 0.15) is 45.5 Å². The van der Waals surface area contributed by atoms with Gasteiger partial charge in [-0.3, -0.25) is 9.69 Å². The number of hydrogen-bond acceptors (Lipinski definition) is 3. The molecule has 1 aliphatic rings. The highest BCUT2D eigenvalue weighted by Crippen LogP contribution is 2.32. The monoisotopic (exact) mass is 412 g/mol. The maximum atomic E-state index is 13.7. The van der Waals surface area contributed by atoms with E-state index in [1.54, 1.807) is 11.3 Å². The Morgan fingerprint density at radius 3 is 2.60 bits per heavy atom. The summed E-state index contributed by atoms with van der Waals surface area (Å²) in [6.07, 6.45) is 4.63. The van der Waals surface area contributed by atoms with Gasteiger partial charge in [0, 0.05) is 5.56 Å². The molecule has 0 bridgehead atoms. The van der Waals surface area contributed by atoms with Crippen molar-refractivity contribution in [3.63, 3.8) is 0 Å². The van der Waals surface area contributed by atoms with Gasteiger partial charge >= 0.3 is 0 Å². The third-order valence-electron chi connectivity index (χ3n) is 5.79. The maximum absolute atomic E-state index is 13.7. The summed E-state index contributed by atoms with van der Waals surface area (Å²) in [6, 6.07) is 22.6. The Morgan fingerprint density at radius 1 is 0.967 bits per heavy atom. The molecule has 3 aromatic carbocycles. The van der Waals surface area contributed by atoms with Crippen LogP contribution in [0.3, 0.4) is 0 Å². The molecule has 0 saturated carbocycles. The van der Waals surface area contributed by atoms with Gasteiger partial charge in [0.2, 0.25) is 0 Å². The van der Waals surface area contributed by atoms with Crippen LogP contribution in [0, 0.1) is 6.92 Å². The summed E-state index contributed by atoms with van der Waals surface area (Å²) in [4.78, 5) is 20.3. The lowest BCUT2D eigenvalue weighted by Crippen LogP contribution is -2.30. The molecule has 1 heterocycles. The molecule has 4 heteroatoms. The van der Waals surface area contributed by atoms with E-state index < -0.39 is 0 Å². The molecule has 0 aliphatic heterocycles. The Bertz CT molecular complexity index is 1210. The van der Waals surface area contributed by atoms with Crippen molar-refractivity contribution in [3.05, 3.63) is 94.5 Å². The van der Waals surface area contributed by atoms with Crippen molar-refractivity contribution in [2.24, 2.45) is 0 Å². The number of thiazole rings is 1. The second kappa shape index (κ2) is 8.04. The lowest BCUT2D eigenvalue weighted by molar-refractivity contribution is 0.0985. The highest BCUT2D eigenvalue weighted by molar-refractivity contribution is 7.22. The number of benzene rings is 3. The molecule has 0 saturated heterocycles. The maximum Gasteiger partial charge on any atom is 0.260 e. The second-order valence-corrected chi connectivity index (χ2v) is 9.04. The van der Waals surface area contributed by atoms with Gasteiger partial charge in [0.1, 0.15) is 0 Å². The fraction of sp³-hybridized carbons (Fsp3) is 0.231. The summed E-state index contributed by atoms with van der Waals surface area (Å²) >= 11 is 1.58. The van der Waals surface area contributed by atoms with E-state index in [1.165, 1.54) is 29.5 Å². The van der Waals surface area contributed by atoms with Crippen LogP contribution in [0.15, 0.2) is 66.7 Å². The molecule has 5 rings (SSSR count). The molecular formula is C26H24N2OS. The number of rotatable bonds is 4. The van der Waals surface area contributed by atoms with E-state index in [0.29, 0.717) is 6.54 Å². The van der Waals surface area contributed by atoms with E-state index in [0.717, 1.165) is 39.3 Å². The summed E-state index contributed by atoms with van der Waals surface area (Å²) in [7, 11) is 0. The lowest BCUT2D eigenvalue weighted by atomic mass is 9.90. The molecule has 0 fully saturated rings.